The van der Waals surface area contributed by atoms with E-state index in [4.69, 9.17) is 0 Å². The van der Waals surface area contributed by atoms with Crippen LogP contribution in [-0.2, 0) is 20.8 Å². The first-order chi connectivity index (χ1) is 22.2. The van der Waals surface area contributed by atoms with E-state index in [0.717, 1.165) is 28.1 Å². The second-order valence-corrected chi connectivity index (χ2v) is 14.9. The van der Waals surface area contributed by atoms with Gasteiger partial charge in [0.25, 0.3) is 5.91 Å². The second-order valence-electron chi connectivity index (χ2n) is 13.1. The Morgan fingerprint density at radius 3 is 2.22 bits per heavy atom. The molecule has 4 heterocycles. The van der Waals surface area contributed by atoms with Crippen molar-refractivity contribution in [1.29, 1.82) is 0 Å². The minimum atomic E-state index is -1.01. The Kier molecular flexibility index (Phi) is 7.68. The first-order valence-corrected chi connectivity index (χ1v) is 16.8. The highest BCUT2D eigenvalue weighted by Gasteiger charge is 2.74. The number of hydrogen-bond acceptors (Lipinski definition) is 5. The number of thioether (sulfide) groups is 1. The number of anilines is 2. The van der Waals surface area contributed by atoms with Crippen LogP contribution in [-0.4, -0.2) is 69.0 Å². The van der Waals surface area contributed by atoms with Gasteiger partial charge in [0.05, 0.1) is 29.2 Å². The van der Waals surface area contributed by atoms with Crippen LogP contribution in [0.2, 0.25) is 0 Å². The summed E-state index contributed by atoms with van der Waals surface area (Å²) >= 11 is 1.56. The fourth-order valence-corrected chi connectivity index (χ4v) is 10.2. The van der Waals surface area contributed by atoms with Gasteiger partial charge in [-0.2, -0.15) is 0 Å². The van der Waals surface area contributed by atoms with Gasteiger partial charge in [0.15, 0.2) is 0 Å². The number of amides is 3. The van der Waals surface area contributed by atoms with Crippen molar-refractivity contribution >= 4 is 40.9 Å². The summed E-state index contributed by atoms with van der Waals surface area (Å²) in [4.78, 5) is 50.0. The zero-order chi connectivity index (χ0) is 32.2. The Morgan fingerprint density at radius 1 is 0.826 bits per heavy atom. The number of aliphatic hydroxyl groups excluding tert-OH is 1. The summed E-state index contributed by atoms with van der Waals surface area (Å²) in [7, 11) is 0. The summed E-state index contributed by atoms with van der Waals surface area (Å²) in [5.41, 5.74) is 4.54. The molecule has 7 nitrogen and oxygen atoms in total. The van der Waals surface area contributed by atoms with Crippen LogP contribution in [0.3, 0.4) is 0 Å². The highest BCUT2D eigenvalue weighted by Crippen LogP contribution is 2.66. The van der Waals surface area contributed by atoms with Gasteiger partial charge in [0, 0.05) is 29.2 Å². The van der Waals surface area contributed by atoms with Crippen LogP contribution in [0.4, 0.5) is 11.4 Å². The van der Waals surface area contributed by atoms with E-state index in [1.54, 1.807) is 26.5 Å². The average molecular weight is 634 g/mol. The van der Waals surface area contributed by atoms with E-state index in [1.165, 1.54) is 0 Å². The van der Waals surface area contributed by atoms with Crippen LogP contribution in [0.15, 0.2) is 103 Å². The third-order valence-electron chi connectivity index (χ3n) is 10.1. The molecule has 3 aromatic rings. The standard InChI is InChI=1S/C38H39N3O4S/c1-25-16-17-26(2)30(22-25)40-21-11-19-38-32(31-34(43)39(28-14-8-5-9-15-28)20-10-18-37(31,3)46-38)35(44)41(33(38)36(40)45)29(24-42)23-27-12-6-4-7-13-27/h4-19,22,29,31-33,42H,20-21,23-24H2,1-3H3/t29-,31-,32+,33?,37+,38+/m1/s1. The SMILES string of the molecule is Cc1ccc(C)c(N2CC=C[C@]34S[C@@]5(C)C=CCN(c6ccccc6)C(=O)[C@H]5[C@H]3C(=O)N([C@@H](CO)Cc3ccccc3)C4C2=O)c1. The van der Waals surface area contributed by atoms with Crippen LogP contribution in [0.25, 0.3) is 0 Å². The predicted molar refractivity (Wildman–Crippen MR) is 183 cm³/mol. The van der Waals surface area contributed by atoms with E-state index in [-0.39, 0.29) is 24.3 Å². The number of rotatable bonds is 6. The lowest BCUT2D eigenvalue weighted by Crippen LogP contribution is -2.57. The zero-order valence-corrected chi connectivity index (χ0v) is 27.2. The van der Waals surface area contributed by atoms with Crippen molar-refractivity contribution < 1.29 is 19.5 Å². The molecule has 0 aromatic heterocycles. The number of fused-ring (bicyclic) bond motifs is 2. The summed E-state index contributed by atoms with van der Waals surface area (Å²) in [6, 6.07) is 23.8. The van der Waals surface area contributed by atoms with E-state index in [0.29, 0.717) is 19.5 Å². The number of carbonyl (C=O) groups excluding carboxylic acids is 3. The first kappa shape index (κ1) is 30.5. The minimum Gasteiger partial charge on any atom is -0.394 e. The van der Waals surface area contributed by atoms with Crippen molar-refractivity contribution in [1.82, 2.24) is 4.90 Å². The Labute approximate surface area is 274 Å². The number of para-hydroxylation sites is 1. The van der Waals surface area contributed by atoms with Crippen LogP contribution in [0.1, 0.15) is 23.6 Å². The average Bonchev–Trinajstić information content (AvgIpc) is 3.33. The molecule has 0 radical (unpaired) electrons. The number of carbonyl (C=O) groups is 3. The van der Waals surface area contributed by atoms with E-state index >= 15 is 9.59 Å². The molecule has 46 heavy (non-hydrogen) atoms. The Morgan fingerprint density at radius 2 is 1.50 bits per heavy atom. The van der Waals surface area contributed by atoms with E-state index in [9.17, 15) is 9.90 Å². The molecule has 2 saturated heterocycles. The summed E-state index contributed by atoms with van der Waals surface area (Å²) in [5.74, 6) is -2.07. The molecular formula is C38H39N3O4S. The largest absolute Gasteiger partial charge is 0.394 e. The second kappa shape index (κ2) is 11.6. The Bertz CT molecular complexity index is 1740. The maximum Gasteiger partial charge on any atom is 0.251 e. The van der Waals surface area contributed by atoms with Crippen molar-refractivity contribution in [2.24, 2.45) is 11.8 Å². The maximum atomic E-state index is 15.1. The Hall–Kier alpha value is -4.14. The molecule has 4 aliphatic rings. The summed E-state index contributed by atoms with van der Waals surface area (Å²) < 4.78 is -1.73. The van der Waals surface area contributed by atoms with Gasteiger partial charge in [-0.05, 0) is 62.1 Å². The lowest BCUT2D eigenvalue weighted by atomic mass is 9.74. The fourth-order valence-electron chi connectivity index (χ4n) is 8.06. The molecule has 0 aliphatic carbocycles. The maximum absolute atomic E-state index is 15.1. The van der Waals surface area contributed by atoms with Crippen LogP contribution < -0.4 is 9.80 Å². The molecule has 3 aromatic carbocycles. The number of likely N-dealkylation sites (tertiary alicyclic amines) is 1. The van der Waals surface area contributed by atoms with Crippen molar-refractivity contribution in [3.8, 4) is 0 Å². The lowest BCUT2D eigenvalue weighted by molar-refractivity contribution is -0.142. The molecule has 0 saturated carbocycles. The molecule has 1 spiro atoms. The monoisotopic (exact) mass is 633 g/mol. The molecule has 236 valence electrons. The summed E-state index contributed by atoms with van der Waals surface area (Å²) in [5, 5.41) is 10.9. The highest BCUT2D eigenvalue weighted by atomic mass is 32.2. The van der Waals surface area contributed by atoms with Crippen molar-refractivity contribution in [3.05, 3.63) is 120 Å². The van der Waals surface area contributed by atoms with Gasteiger partial charge in [0.1, 0.15) is 6.04 Å². The number of nitrogens with zero attached hydrogens (tertiary/aromatic N) is 3. The van der Waals surface area contributed by atoms with Gasteiger partial charge >= 0.3 is 0 Å². The number of benzene rings is 3. The molecule has 1 unspecified atom stereocenters. The normalized spacial score (nSPS) is 29.3. The van der Waals surface area contributed by atoms with E-state index < -0.39 is 33.4 Å². The molecule has 8 heteroatoms. The van der Waals surface area contributed by atoms with Gasteiger partial charge < -0.3 is 19.8 Å². The predicted octanol–water partition coefficient (Wildman–Crippen LogP) is 5.10. The molecule has 0 bridgehead atoms. The third-order valence-corrected chi connectivity index (χ3v) is 11.9. The summed E-state index contributed by atoms with van der Waals surface area (Å²) in [6.45, 7) is 6.47. The van der Waals surface area contributed by atoms with Crippen LogP contribution in [0, 0.1) is 25.7 Å². The fraction of sp³-hybridized carbons (Fsp3) is 0.342. The highest BCUT2D eigenvalue weighted by molar-refractivity contribution is 8.02. The number of aliphatic hydroxyl groups is 1. The summed E-state index contributed by atoms with van der Waals surface area (Å²) in [6.07, 6.45) is 8.52. The van der Waals surface area contributed by atoms with Crippen LogP contribution >= 0.6 is 11.8 Å². The van der Waals surface area contributed by atoms with E-state index in [2.05, 4.69) is 6.08 Å². The molecular weight excluding hydrogens is 595 g/mol. The number of hydrogen-bond donors (Lipinski definition) is 1. The topological polar surface area (TPSA) is 81.2 Å². The van der Waals surface area contributed by atoms with Gasteiger partial charge in [-0.15, -0.1) is 11.8 Å². The molecule has 6 atom stereocenters. The van der Waals surface area contributed by atoms with Crippen molar-refractivity contribution in [2.75, 3.05) is 29.5 Å². The van der Waals surface area contributed by atoms with Gasteiger partial charge in [-0.3, -0.25) is 14.4 Å². The zero-order valence-electron chi connectivity index (χ0n) is 26.4. The van der Waals surface area contributed by atoms with E-state index in [1.807, 2.05) is 118 Å². The van der Waals surface area contributed by atoms with Gasteiger partial charge in [0.2, 0.25) is 11.8 Å². The molecule has 1 N–H and O–H groups in total. The van der Waals surface area contributed by atoms with Crippen LogP contribution in [0.5, 0.6) is 0 Å². The smallest absolute Gasteiger partial charge is 0.251 e. The van der Waals surface area contributed by atoms with Gasteiger partial charge in [-0.25, -0.2) is 0 Å². The molecule has 7 rings (SSSR count). The minimum absolute atomic E-state index is 0.123. The number of aryl methyl sites for hydroxylation is 2. The molecule has 4 aliphatic heterocycles. The van der Waals surface area contributed by atoms with Crippen molar-refractivity contribution in [2.45, 2.75) is 48.8 Å². The van der Waals surface area contributed by atoms with Gasteiger partial charge in [-0.1, -0.05) is 85.0 Å². The molecule has 3 amide bonds. The third kappa shape index (κ3) is 4.73. The lowest BCUT2D eigenvalue weighted by Gasteiger charge is -2.40. The molecule has 2 fully saturated rings. The first-order valence-electron chi connectivity index (χ1n) is 16.0. The Balaban J connectivity index is 1.38. The quantitative estimate of drug-likeness (QED) is 0.382. The van der Waals surface area contributed by atoms with Crippen molar-refractivity contribution in [3.63, 3.8) is 0 Å².